The summed E-state index contributed by atoms with van der Waals surface area (Å²) in [5.74, 6) is -1.22. The van der Waals surface area contributed by atoms with Crippen molar-refractivity contribution in [2.75, 3.05) is 7.11 Å². The van der Waals surface area contributed by atoms with E-state index in [-0.39, 0.29) is 11.1 Å². The van der Waals surface area contributed by atoms with Crippen LogP contribution in [-0.4, -0.2) is 12.2 Å². The summed E-state index contributed by atoms with van der Waals surface area (Å²) >= 11 is 5.88. The Balaban J connectivity index is 2.51. The molecule has 1 unspecified atom stereocenters. The molecule has 20 heavy (non-hydrogen) atoms. The molecule has 0 aliphatic carbocycles. The highest BCUT2D eigenvalue weighted by molar-refractivity contribution is 6.32. The SMILES string of the molecule is COc1cc(C(O)c2c(F)ccc(C)c2F)ccc1Cl. The number of aliphatic hydroxyl groups is 1. The van der Waals surface area contributed by atoms with Gasteiger partial charge in [-0.1, -0.05) is 23.7 Å². The third-order valence-electron chi connectivity index (χ3n) is 3.08. The first kappa shape index (κ1) is 14.8. The van der Waals surface area contributed by atoms with Gasteiger partial charge in [-0.05, 0) is 36.2 Å². The topological polar surface area (TPSA) is 29.5 Å². The van der Waals surface area contributed by atoms with Crippen molar-refractivity contribution in [3.63, 3.8) is 0 Å². The van der Waals surface area contributed by atoms with Gasteiger partial charge < -0.3 is 9.84 Å². The fourth-order valence-electron chi connectivity index (χ4n) is 1.94. The van der Waals surface area contributed by atoms with Gasteiger partial charge in [0.15, 0.2) is 0 Å². The van der Waals surface area contributed by atoms with E-state index < -0.39 is 17.7 Å². The van der Waals surface area contributed by atoms with Crippen molar-refractivity contribution in [2.24, 2.45) is 0 Å². The summed E-state index contributed by atoms with van der Waals surface area (Å²) in [6.45, 7) is 1.51. The summed E-state index contributed by atoms with van der Waals surface area (Å²) in [6, 6.07) is 6.91. The Morgan fingerprint density at radius 3 is 2.55 bits per heavy atom. The van der Waals surface area contributed by atoms with Crippen LogP contribution >= 0.6 is 11.6 Å². The standard InChI is InChI=1S/C15H13ClF2O2/c1-8-3-6-11(17)13(14(8)18)15(19)9-4-5-10(16)12(7-9)20-2/h3-7,15,19H,1-2H3. The van der Waals surface area contributed by atoms with E-state index in [1.54, 1.807) is 0 Å². The smallest absolute Gasteiger partial charge is 0.137 e. The fraction of sp³-hybridized carbons (Fsp3) is 0.200. The monoisotopic (exact) mass is 298 g/mol. The van der Waals surface area contributed by atoms with Crippen LogP contribution in [0, 0.1) is 18.6 Å². The molecule has 0 fully saturated rings. The quantitative estimate of drug-likeness (QED) is 0.927. The van der Waals surface area contributed by atoms with Crippen LogP contribution in [0.3, 0.4) is 0 Å². The third kappa shape index (κ3) is 2.62. The lowest BCUT2D eigenvalue weighted by molar-refractivity contribution is 0.208. The lowest BCUT2D eigenvalue weighted by atomic mass is 9.98. The fourth-order valence-corrected chi connectivity index (χ4v) is 2.14. The van der Waals surface area contributed by atoms with E-state index in [0.29, 0.717) is 16.3 Å². The number of hydrogen-bond donors (Lipinski definition) is 1. The molecule has 2 nitrogen and oxygen atoms in total. The summed E-state index contributed by atoms with van der Waals surface area (Å²) in [5, 5.41) is 10.6. The molecule has 0 saturated heterocycles. The molecule has 2 aromatic rings. The molecule has 0 radical (unpaired) electrons. The van der Waals surface area contributed by atoms with Crippen molar-refractivity contribution < 1.29 is 18.6 Å². The van der Waals surface area contributed by atoms with E-state index in [9.17, 15) is 13.9 Å². The zero-order chi connectivity index (χ0) is 14.9. The highest BCUT2D eigenvalue weighted by Crippen LogP contribution is 2.33. The zero-order valence-electron chi connectivity index (χ0n) is 11.0. The molecule has 1 N–H and O–H groups in total. The number of ether oxygens (including phenoxy) is 1. The number of benzene rings is 2. The van der Waals surface area contributed by atoms with E-state index in [4.69, 9.17) is 16.3 Å². The zero-order valence-corrected chi connectivity index (χ0v) is 11.7. The van der Waals surface area contributed by atoms with Gasteiger partial charge in [0.25, 0.3) is 0 Å². The van der Waals surface area contributed by atoms with Crippen LogP contribution in [0.1, 0.15) is 22.8 Å². The number of rotatable bonds is 3. The van der Waals surface area contributed by atoms with Crippen molar-refractivity contribution >= 4 is 11.6 Å². The van der Waals surface area contributed by atoms with E-state index in [2.05, 4.69) is 0 Å². The van der Waals surface area contributed by atoms with Gasteiger partial charge in [0.05, 0.1) is 17.7 Å². The Morgan fingerprint density at radius 2 is 1.90 bits per heavy atom. The van der Waals surface area contributed by atoms with Crippen LogP contribution in [0.15, 0.2) is 30.3 Å². The Labute approximate surface area is 120 Å². The minimum absolute atomic E-state index is 0.265. The third-order valence-corrected chi connectivity index (χ3v) is 3.40. The van der Waals surface area contributed by atoms with Crippen molar-refractivity contribution in [1.29, 1.82) is 0 Å². The minimum Gasteiger partial charge on any atom is -0.495 e. The first-order chi connectivity index (χ1) is 9.45. The molecule has 0 amide bonds. The molecule has 0 saturated carbocycles. The Hall–Kier alpha value is -1.65. The van der Waals surface area contributed by atoms with Gasteiger partial charge in [0, 0.05) is 0 Å². The maximum Gasteiger partial charge on any atom is 0.137 e. The van der Waals surface area contributed by atoms with Crippen molar-refractivity contribution in [3.05, 3.63) is 63.7 Å². The molecular formula is C15H13ClF2O2. The van der Waals surface area contributed by atoms with Gasteiger partial charge in [-0.3, -0.25) is 0 Å². The van der Waals surface area contributed by atoms with Crippen LogP contribution in [0.2, 0.25) is 5.02 Å². The Morgan fingerprint density at radius 1 is 1.20 bits per heavy atom. The molecule has 0 aliphatic heterocycles. The first-order valence-electron chi connectivity index (χ1n) is 5.91. The molecule has 2 rings (SSSR count). The van der Waals surface area contributed by atoms with Gasteiger partial charge in [-0.2, -0.15) is 0 Å². The summed E-state index contributed by atoms with van der Waals surface area (Å²) in [6.07, 6.45) is -1.43. The number of hydrogen-bond acceptors (Lipinski definition) is 2. The van der Waals surface area contributed by atoms with Gasteiger partial charge >= 0.3 is 0 Å². The molecule has 1 atom stereocenters. The van der Waals surface area contributed by atoms with Crippen LogP contribution in [0.4, 0.5) is 8.78 Å². The summed E-state index contributed by atoms with van der Waals surface area (Å²) in [4.78, 5) is 0. The number of halogens is 3. The van der Waals surface area contributed by atoms with Crippen molar-refractivity contribution in [3.8, 4) is 5.75 Å². The normalized spacial score (nSPS) is 12.3. The first-order valence-corrected chi connectivity index (χ1v) is 6.29. The predicted octanol–water partition coefficient (Wildman–Crippen LogP) is 4.02. The second-order valence-electron chi connectivity index (χ2n) is 4.39. The molecule has 0 aromatic heterocycles. The van der Waals surface area contributed by atoms with Gasteiger partial charge in [-0.25, -0.2) is 8.78 Å². The van der Waals surface area contributed by atoms with E-state index in [1.165, 1.54) is 38.3 Å². The maximum atomic E-state index is 14.0. The maximum absolute atomic E-state index is 14.0. The van der Waals surface area contributed by atoms with Crippen LogP contribution in [0.5, 0.6) is 5.75 Å². The number of methoxy groups -OCH3 is 1. The van der Waals surface area contributed by atoms with Gasteiger partial charge in [0.1, 0.15) is 23.5 Å². The van der Waals surface area contributed by atoms with Crippen molar-refractivity contribution in [2.45, 2.75) is 13.0 Å². The lowest BCUT2D eigenvalue weighted by Gasteiger charge is -2.16. The van der Waals surface area contributed by atoms with Crippen LogP contribution < -0.4 is 4.74 Å². The number of aliphatic hydroxyl groups excluding tert-OH is 1. The summed E-state index contributed by atoms with van der Waals surface area (Å²) < 4.78 is 32.8. The van der Waals surface area contributed by atoms with E-state index in [0.717, 1.165) is 6.07 Å². The van der Waals surface area contributed by atoms with Crippen LogP contribution in [-0.2, 0) is 0 Å². The number of aryl methyl sites for hydroxylation is 1. The molecule has 0 heterocycles. The average molecular weight is 299 g/mol. The summed E-state index contributed by atoms with van der Waals surface area (Å²) in [7, 11) is 1.42. The van der Waals surface area contributed by atoms with Gasteiger partial charge in [0.2, 0.25) is 0 Å². The van der Waals surface area contributed by atoms with E-state index in [1.807, 2.05) is 0 Å². The minimum atomic E-state index is -1.43. The lowest BCUT2D eigenvalue weighted by Crippen LogP contribution is -2.07. The Kier molecular flexibility index (Phi) is 4.26. The van der Waals surface area contributed by atoms with E-state index >= 15 is 0 Å². The molecule has 5 heteroatoms. The van der Waals surface area contributed by atoms with Crippen LogP contribution in [0.25, 0.3) is 0 Å². The summed E-state index contributed by atoms with van der Waals surface area (Å²) in [5.41, 5.74) is 0.186. The molecule has 0 bridgehead atoms. The second kappa shape index (κ2) is 5.77. The second-order valence-corrected chi connectivity index (χ2v) is 4.80. The Bertz CT molecular complexity index is 644. The largest absolute Gasteiger partial charge is 0.495 e. The molecular weight excluding hydrogens is 286 g/mol. The van der Waals surface area contributed by atoms with Gasteiger partial charge in [-0.15, -0.1) is 0 Å². The molecule has 0 spiro atoms. The molecule has 2 aromatic carbocycles. The average Bonchev–Trinajstić information content (AvgIpc) is 2.43. The molecule has 106 valence electrons. The predicted molar refractivity (Wildman–Crippen MR) is 73.2 cm³/mol. The molecule has 0 aliphatic rings. The highest BCUT2D eigenvalue weighted by atomic mass is 35.5. The highest BCUT2D eigenvalue weighted by Gasteiger charge is 2.22. The van der Waals surface area contributed by atoms with Crippen molar-refractivity contribution in [1.82, 2.24) is 0 Å².